The van der Waals surface area contributed by atoms with Crippen LogP contribution < -0.4 is 0 Å². The summed E-state index contributed by atoms with van der Waals surface area (Å²) in [5.41, 5.74) is 1.65. The summed E-state index contributed by atoms with van der Waals surface area (Å²) in [5.74, 6) is 0.907. The number of alkyl halides is 1. The van der Waals surface area contributed by atoms with Crippen LogP contribution >= 0.6 is 11.6 Å². The lowest BCUT2D eigenvalue weighted by Gasteiger charge is -2.15. The van der Waals surface area contributed by atoms with Crippen molar-refractivity contribution in [2.24, 2.45) is 0 Å². The van der Waals surface area contributed by atoms with E-state index in [9.17, 15) is 4.39 Å². The standard InChI is InChI=1S/C13H16ClFN2/c1-3-4-9(2)17-12-6-5-10(15)7-11(12)16-13(17)8-14/h5-7,9H,3-4,8H2,1-2H3. The molecule has 0 aliphatic rings. The third-order valence-electron chi connectivity index (χ3n) is 2.99. The number of aromatic nitrogens is 2. The van der Waals surface area contributed by atoms with Crippen LogP contribution in [0.3, 0.4) is 0 Å². The fraction of sp³-hybridized carbons (Fsp3) is 0.462. The molecule has 0 aliphatic heterocycles. The topological polar surface area (TPSA) is 17.8 Å². The smallest absolute Gasteiger partial charge is 0.125 e. The molecule has 1 unspecified atom stereocenters. The SMILES string of the molecule is CCCC(C)n1c(CCl)nc2cc(F)ccc21. The summed E-state index contributed by atoms with van der Waals surface area (Å²) < 4.78 is 15.3. The van der Waals surface area contributed by atoms with Crippen LogP contribution in [0.15, 0.2) is 18.2 Å². The fourth-order valence-electron chi connectivity index (χ4n) is 2.25. The lowest BCUT2D eigenvalue weighted by Crippen LogP contribution is -2.08. The summed E-state index contributed by atoms with van der Waals surface area (Å²) in [6.07, 6.45) is 2.16. The molecule has 1 aromatic carbocycles. The molecule has 0 amide bonds. The molecule has 1 heterocycles. The summed E-state index contributed by atoms with van der Waals surface area (Å²) >= 11 is 5.91. The fourth-order valence-corrected chi connectivity index (χ4v) is 2.44. The molecule has 0 spiro atoms. The van der Waals surface area contributed by atoms with E-state index >= 15 is 0 Å². The monoisotopic (exact) mass is 254 g/mol. The van der Waals surface area contributed by atoms with E-state index in [2.05, 4.69) is 23.4 Å². The summed E-state index contributed by atoms with van der Waals surface area (Å²) in [4.78, 5) is 4.39. The van der Waals surface area contributed by atoms with Crippen molar-refractivity contribution in [3.63, 3.8) is 0 Å². The van der Waals surface area contributed by atoms with E-state index in [4.69, 9.17) is 11.6 Å². The molecule has 0 saturated carbocycles. The van der Waals surface area contributed by atoms with Gasteiger partial charge in [0.15, 0.2) is 0 Å². The Balaban J connectivity index is 2.58. The van der Waals surface area contributed by atoms with Crippen molar-refractivity contribution in [3.8, 4) is 0 Å². The Hall–Kier alpha value is -1.09. The molecule has 17 heavy (non-hydrogen) atoms. The van der Waals surface area contributed by atoms with Gasteiger partial charge in [0, 0.05) is 12.1 Å². The first-order valence-electron chi connectivity index (χ1n) is 5.89. The Bertz CT molecular complexity index is 521. The number of nitrogens with zero attached hydrogens (tertiary/aromatic N) is 2. The molecule has 1 aromatic heterocycles. The lowest BCUT2D eigenvalue weighted by molar-refractivity contribution is 0.500. The third kappa shape index (κ3) is 2.29. The van der Waals surface area contributed by atoms with Gasteiger partial charge in [-0.2, -0.15) is 0 Å². The second kappa shape index (κ2) is 5.05. The average Bonchev–Trinajstić information content (AvgIpc) is 2.66. The molecule has 2 nitrogen and oxygen atoms in total. The van der Waals surface area contributed by atoms with E-state index in [0.717, 1.165) is 24.2 Å². The summed E-state index contributed by atoms with van der Waals surface area (Å²) in [6, 6.07) is 5.04. The van der Waals surface area contributed by atoms with Crippen molar-refractivity contribution in [1.29, 1.82) is 0 Å². The predicted molar refractivity (Wildman–Crippen MR) is 68.9 cm³/mol. The minimum Gasteiger partial charge on any atom is -0.324 e. The normalized spacial score (nSPS) is 13.2. The Labute approximate surface area is 105 Å². The molecule has 0 aliphatic carbocycles. The first kappa shape index (κ1) is 12.4. The second-order valence-electron chi connectivity index (χ2n) is 4.30. The Morgan fingerprint density at radius 1 is 1.47 bits per heavy atom. The number of hydrogen-bond donors (Lipinski definition) is 0. The average molecular weight is 255 g/mol. The number of fused-ring (bicyclic) bond motifs is 1. The molecule has 1 atom stereocenters. The third-order valence-corrected chi connectivity index (χ3v) is 3.23. The number of imidazole rings is 1. The van der Waals surface area contributed by atoms with Crippen LogP contribution in [0, 0.1) is 5.82 Å². The highest BCUT2D eigenvalue weighted by Gasteiger charge is 2.14. The molecule has 92 valence electrons. The zero-order chi connectivity index (χ0) is 12.4. The van der Waals surface area contributed by atoms with Crippen LogP contribution in [0.2, 0.25) is 0 Å². The van der Waals surface area contributed by atoms with Gasteiger partial charge in [0.25, 0.3) is 0 Å². The van der Waals surface area contributed by atoms with Gasteiger partial charge in [-0.05, 0) is 25.5 Å². The van der Waals surface area contributed by atoms with Gasteiger partial charge in [0.2, 0.25) is 0 Å². The minimum absolute atomic E-state index is 0.258. The number of benzene rings is 1. The number of hydrogen-bond acceptors (Lipinski definition) is 1. The molecular weight excluding hydrogens is 239 g/mol. The minimum atomic E-state index is -0.258. The van der Waals surface area contributed by atoms with Crippen molar-refractivity contribution < 1.29 is 4.39 Å². The Morgan fingerprint density at radius 2 is 2.24 bits per heavy atom. The van der Waals surface area contributed by atoms with Crippen LogP contribution in [0.25, 0.3) is 11.0 Å². The van der Waals surface area contributed by atoms with E-state index in [0.29, 0.717) is 17.4 Å². The maximum Gasteiger partial charge on any atom is 0.125 e. The second-order valence-corrected chi connectivity index (χ2v) is 4.57. The molecule has 2 aromatic rings. The van der Waals surface area contributed by atoms with E-state index in [1.165, 1.54) is 12.1 Å². The van der Waals surface area contributed by atoms with E-state index < -0.39 is 0 Å². The largest absolute Gasteiger partial charge is 0.324 e. The molecule has 0 fully saturated rings. The van der Waals surface area contributed by atoms with Crippen LogP contribution in [-0.4, -0.2) is 9.55 Å². The highest BCUT2D eigenvalue weighted by molar-refractivity contribution is 6.16. The Kier molecular flexibility index (Phi) is 3.67. The molecule has 0 saturated heterocycles. The molecule has 0 N–H and O–H groups in total. The summed E-state index contributed by atoms with van der Waals surface area (Å²) in [6.45, 7) is 4.29. The molecule has 2 rings (SSSR count). The Morgan fingerprint density at radius 3 is 2.88 bits per heavy atom. The molecule has 0 bridgehead atoms. The first-order chi connectivity index (χ1) is 8.17. The van der Waals surface area contributed by atoms with Gasteiger partial charge < -0.3 is 4.57 Å². The number of rotatable bonds is 4. The lowest BCUT2D eigenvalue weighted by atomic mass is 10.2. The quantitative estimate of drug-likeness (QED) is 0.745. The summed E-state index contributed by atoms with van der Waals surface area (Å²) in [5, 5.41) is 0. The predicted octanol–water partition coefficient (Wildman–Crippen LogP) is 4.28. The maximum atomic E-state index is 13.1. The van der Waals surface area contributed by atoms with Crippen LogP contribution in [0.4, 0.5) is 4.39 Å². The van der Waals surface area contributed by atoms with Crippen molar-refractivity contribution in [3.05, 3.63) is 29.8 Å². The first-order valence-corrected chi connectivity index (χ1v) is 6.43. The van der Waals surface area contributed by atoms with Gasteiger partial charge in [-0.15, -0.1) is 11.6 Å². The highest BCUT2D eigenvalue weighted by Crippen LogP contribution is 2.25. The van der Waals surface area contributed by atoms with Gasteiger partial charge in [0.05, 0.1) is 16.9 Å². The van der Waals surface area contributed by atoms with Crippen molar-refractivity contribution >= 4 is 22.6 Å². The van der Waals surface area contributed by atoms with Gasteiger partial charge in [0.1, 0.15) is 11.6 Å². The van der Waals surface area contributed by atoms with Crippen LogP contribution in [-0.2, 0) is 5.88 Å². The van der Waals surface area contributed by atoms with Gasteiger partial charge in [-0.1, -0.05) is 13.3 Å². The number of halogens is 2. The van der Waals surface area contributed by atoms with Crippen LogP contribution in [0.1, 0.15) is 38.6 Å². The zero-order valence-electron chi connectivity index (χ0n) is 10.1. The van der Waals surface area contributed by atoms with E-state index in [1.807, 2.05) is 0 Å². The maximum absolute atomic E-state index is 13.1. The molecule has 4 heteroatoms. The van der Waals surface area contributed by atoms with Gasteiger partial charge >= 0.3 is 0 Å². The van der Waals surface area contributed by atoms with Crippen molar-refractivity contribution in [2.45, 2.75) is 38.6 Å². The van der Waals surface area contributed by atoms with Crippen LogP contribution in [0.5, 0.6) is 0 Å². The molecule has 0 radical (unpaired) electrons. The van der Waals surface area contributed by atoms with E-state index in [-0.39, 0.29) is 5.82 Å². The summed E-state index contributed by atoms with van der Waals surface area (Å²) in [7, 11) is 0. The van der Waals surface area contributed by atoms with Crippen molar-refractivity contribution in [2.75, 3.05) is 0 Å². The highest BCUT2D eigenvalue weighted by atomic mass is 35.5. The van der Waals surface area contributed by atoms with Crippen molar-refractivity contribution in [1.82, 2.24) is 9.55 Å². The van der Waals surface area contributed by atoms with Gasteiger partial charge in [-0.25, -0.2) is 9.37 Å². The zero-order valence-corrected chi connectivity index (χ0v) is 10.8. The molecular formula is C13H16ClFN2. The van der Waals surface area contributed by atoms with E-state index in [1.54, 1.807) is 6.07 Å². The van der Waals surface area contributed by atoms with Gasteiger partial charge in [-0.3, -0.25) is 0 Å².